The molecule has 0 aliphatic rings. The number of carbonyl (C=O) groups excluding carboxylic acids is 1. The Hall–Kier alpha value is -3.27. The van der Waals surface area contributed by atoms with Gasteiger partial charge in [0.05, 0.1) is 9.82 Å². The molecule has 3 aromatic rings. The first-order chi connectivity index (χ1) is 12.4. The first-order valence-corrected chi connectivity index (χ1v) is 8.31. The third-order valence-corrected chi connectivity index (χ3v) is 4.54. The molecule has 0 spiro atoms. The van der Waals surface area contributed by atoms with Gasteiger partial charge in [0, 0.05) is 24.4 Å². The number of nitro benzene ring substituents is 1. The molecule has 3 rings (SSSR count). The molecule has 132 valence electrons. The number of pyridine rings is 1. The zero-order valence-corrected chi connectivity index (χ0v) is 14.7. The average Bonchev–Trinajstić information content (AvgIpc) is 3.00. The molecule has 0 atom stereocenters. The van der Waals surface area contributed by atoms with Gasteiger partial charge in [-0.05, 0) is 43.0 Å². The maximum atomic E-state index is 12.4. The zero-order valence-electron chi connectivity index (χ0n) is 13.9. The van der Waals surface area contributed by atoms with E-state index in [1.807, 2.05) is 0 Å². The second-order valence-electron chi connectivity index (χ2n) is 5.38. The highest BCUT2D eigenvalue weighted by molar-refractivity contribution is 7.99. The molecule has 1 amide bonds. The number of rotatable bonds is 5. The minimum atomic E-state index is -0.527. The predicted molar refractivity (Wildman–Crippen MR) is 95.1 cm³/mol. The molecule has 26 heavy (non-hydrogen) atoms. The maximum Gasteiger partial charge on any atom is 0.284 e. The molecule has 0 fully saturated rings. The van der Waals surface area contributed by atoms with Crippen molar-refractivity contribution in [2.24, 2.45) is 7.05 Å². The van der Waals surface area contributed by atoms with Crippen LogP contribution >= 0.6 is 11.8 Å². The standard InChI is InChI=1S/C16H14N6O3S/c1-10-4-3-5-14(18-10)19-15(23)11-6-7-13(12(8-11)22(24)25)26-16-20-17-9-21(16)2/h3-9H,1-2H3,(H,18,19,23). The summed E-state index contributed by atoms with van der Waals surface area (Å²) in [6.07, 6.45) is 1.50. The van der Waals surface area contributed by atoms with Gasteiger partial charge >= 0.3 is 0 Å². The Bertz CT molecular complexity index is 988. The molecule has 0 saturated carbocycles. The van der Waals surface area contributed by atoms with Crippen LogP contribution in [0.5, 0.6) is 0 Å². The number of anilines is 1. The molecule has 1 N–H and O–H groups in total. The average molecular weight is 370 g/mol. The first kappa shape index (κ1) is 17.5. The Kier molecular flexibility index (Phi) is 4.94. The molecule has 0 aliphatic carbocycles. The summed E-state index contributed by atoms with van der Waals surface area (Å²) in [6, 6.07) is 9.51. The molecule has 0 bridgehead atoms. The van der Waals surface area contributed by atoms with Crippen LogP contribution in [0.2, 0.25) is 0 Å². The predicted octanol–water partition coefficient (Wildman–Crippen LogP) is 2.83. The van der Waals surface area contributed by atoms with E-state index in [0.29, 0.717) is 15.9 Å². The van der Waals surface area contributed by atoms with Gasteiger partial charge in [-0.25, -0.2) is 4.98 Å². The van der Waals surface area contributed by atoms with Crippen molar-refractivity contribution in [3.05, 3.63) is 64.1 Å². The normalized spacial score (nSPS) is 10.5. The molecule has 1 aromatic carbocycles. The Morgan fingerprint density at radius 3 is 2.77 bits per heavy atom. The van der Waals surface area contributed by atoms with Crippen LogP contribution < -0.4 is 5.32 Å². The zero-order chi connectivity index (χ0) is 18.7. The van der Waals surface area contributed by atoms with E-state index in [0.717, 1.165) is 17.5 Å². The molecule has 10 heteroatoms. The Labute approximate surface area is 152 Å². The van der Waals surface area contributed by atoms with Gasteiger partial charge in [0.1, 0.15) is 12.1 Å². The molecule has 2 heterocycles. The summed E-state index contributed by atoms with van der Waals surface area (Å²) in [5.41, 5.74) is 0.745. The lowest BCUT2D eigenvalue weighted by Gasteiger charge is -2.07. The third-order valence-electron chi connectivity index (χ3n) is 3.42. The SMILES string of the molecule is Cc1cccc(NC(=O)c2ccc(Sc3nncn3C)c([N+](=O)[O-])c2)n1. The van der Waals surface area contributed by atoms with E-state index in [-0.39, 0.29) is 11.3 Å². The van der Waals surface area contributed by atoms with E-state index in [2.05, 4.69) is 20.5 Å². The van der Waals surface area contributed by atoms with Crippen LogP contribution in [0.4, 0.5) is 11.5 Å². The second kappa shape index (κ2) is 7.31. The summed E-state index contributed by atoms with van der Waals surface area (Å²) in [7, 11) is 1.74. The fourth-order valence-electron chi connectivity index (χ4n) is 2.15. The number of benzene rings is 1. The van der Waals surface area contributed by atoms with Crippen LogP contribution in [-0.4, -0.2) is 30.6 Å². The molecule has 2 aromatic heterocycles. The number of nitrogens with zero attached hydrogens (tertiary/aromatic N) is 5. The van der Waals surface area contributed by atoms with Crippen molar-refractivity contribution >= 4 is 29.2 Å². The van der Waals surface area contributed by atoms with Crippen molar-refractivity contribution in [1.82, 2.24) is 19.7 Å². The highest BCUT2D eigenvalue weighted by atomic mass is 32.2. The van der Waals surface area contributed by atoms with E-state index >= 15 is 0 Å². The van der Waals surface area contributed by atoms with Gasteiger partial charge < -0.3 is 9.88 Å². The van der Waals surface area contributed by atoms with E-state index in [4.69, 9.17) is 0 Å². The molecule has 0 saturated heterocycles. The molecule has 0 unspecified atom stereocenters. The van der Waals surface area contributed by atoms with Crippen LogP contribution in [0, 0.1) is 17.0 Å². The number of hydrogen-bond donors (Lipinski definition) is 1. The quantitative estimate of drug-likeness (QED) is 0.542. The third kappa shape index (κ3) is 3.86. The second-order valence-corrected chi connectivity index (χ2v) is 6.39. The molecular formula is C16H14N6O3S. The summed E-state index contributed by atoms with van der Waals surface area (Å²) >= 11 is 1.11. The lowest BCUT2D eigenvalue weighted by atomic mass is 10.2. The lowest BCUT2D eigenvalue weighted by molar-refractivity contribution is -0.387. The Morgan fingerprint density at radius 2 is 2.12 bits per heavy atom. The number of nitrogens with one attached hydrogen (secondary N) is 1. The monoisotopic (exact) mass is 370 g/mol. The topological polar surface area (TPSA) is 116 Å². The van der Waals surface area contributed by atoms with E-state index in [1.165, 1.54) is 24.5 Å². The van der Waals surface area contributed by atoms with Crippen molar-refractivity contribution in [1.29, 1.82) is 0 Å². The Morgan fingerprint density at radius 1 is 1.31 bits per heavy atom. The van der Waals surface area contributed by atoms with Crippen LogP contribution in [0.3, 0.4) is 0 Å². The maximum absolute atomic E-state index is 12.4. The summed E-state index contributed by atoms with van der Waals surface area (Å²) in [5, 5.41) is 22.2. The van der Waals surface area contributed by atoms with Crippen molar-refractivity contribution in [3.8, 4) is 0 Å². The van der Waals surface area contributed by atoms with Gasteiger partial charge in [-0.15, -0.1) is 10.2 Å². The first-order valence-electron chi connectivity index (χ1n) is 7.49. The van der Waals surface area contributed by atoms with E-state index in [1.54, 1.807) is 36.7 Å². The van der Waals surface area contributed by atoms with Crippen LogP contribution in [0.25, 0.3) is 0 Å². The van der Waals surface area contributed by atoms with Gasteiger partial charge in [0.25, 0.3) is 11.6 Å². The van der Waals surface area contributed by atoms with E-state index in [9.17, 15) is 14.9 Å². The molecule has 0 aliphatic heterocycles. The minimum Gasteiger partial charge on any atom is -0.311 e. The minimum absolute atomic E-state index is 0.169. The highest BCUT2D eigenvalue weighted by Gasteiger charge is 2.20. The smallest absolute Gasteiger partial charge is 0.284 e. The van der Waals surface area contributed by atoms with Crippen molar-refractivity contribution in [2.75, 3.05) is 5.32 Å². The summed E-state index contributed by atoms with van der Waals surface area (Å²) in [6.45, 7) is 1.80. The lowest BCUT2D eigenvalue weighted by Crippen LogP contribution is -2.13. The fourth-order valence-corrected chi connectivity index (χ4v) is 3.00. The largest absolute Gasteiger partial charge is 0.311 e. The number of amides is 1. The van der Waals surface area contributed by atoms with Gasteiger partial charge in [-0.3, -0.25) is 14.9 Å². The number of aromatic nitrogens is 4. The molecular weight excluding hydrogens is 356 g/mol. The number of aryl methyl sites for hydroxylation is 2. The van der Waals surface area contributed by atoms with Gasteiger partial charge in [0.2, 0.25) is 0 Å². The van der Waals surface area contributed by atoms with Gasteiger partial charge in [0.15, 0.2) is 5.16 Å². The van der Waals surface area contributed by atoms with Crippen molar-refractivity contribution in [2.45, 2.75) is 17.0 Å². The van der Waals surface area contributed by atoms with Gasteiger partial charge in [-0.1, -0.05) is 6.07 Å². The van der Waals surface area contributed by atoms with Crippen LogP contribution in [0.1, 0.15) is 16.1 Å². The summed E-state index contributed by atoms with van der Waals surface area (Å²) < 4.78 is 1.65. The summed E-state index contributed by atoms with van der Waals surface area (Å²) in [4.78, 5) is 27.8. The summed E-state index contributed by atoms with van der Waals surface area (Å²) in [5.74, 6) is -0.0865. The molecule has 9 nitrogen and oxygen atoms in total. The van der Waals surface area contributed by atoms with E-state index < -0.39 is 10.8 Å². The van der Waals surface area contributed by atoms with Crippen LogP contribution in [0.15, 0.2) is 52.8 Å². The Balaban J connectivity index is 1.87. The van der Waals surface area contributed by atoms with Crippen LogP contribution in [-0.2, 0) is 7.05 Å². The molecule has 0 radical (unpaired) electrons. The fraction of sp³-hybridized carbons (Fsp3) is 0.125. The van der Waals surface area contributed by atoms with Gasteiger partial charge in [-0.2, -0.15) is 0 Å². The number of carbonyl (C=O) groups is 1. The van der Waals surface area contributed by atoms with Crippen molar-refractivity contribution < 1.29 is 9.72 Å². The number of hydrogen-bond acceptors (Lipinski definition) is 7. The highest BCUT2D eigenvalue weighted by Crippen LogP contribution is 2.34. The van der Waals surface area contributed by atoms with Crippen molar-refractivity contribution in [3.63, 3.8) is 0 Å². The number of nitro groups is 1.